The number of hydrogen-bond donors (Lipinski definition) is 1. The molecule has 170 valence electrons. The molecule has 2 heterocycles. The van der Waals surface area contributed by atoms with Gasteiger partial charge in [-0.2, -0.15) is 4.31 Å². The van der Waals surface area contributed by atoms with Crippen LogP contribution in [-0.2, 0) is 10.0 Å². The highest BCUT2D eigenvalue weighted by atomic mass is 32.2. The molecule has 8 heteroatoms. The van der Waals surface area contributed by atoms with Gasteiger partial charge in [0.2, 0.25) is 10.0 Å². The van der Waals surface area contributed by atoms with E-state index in [0.717, 1.165) is 22.3 Å². The minimum Gasteiger partial charge on any atom is -0.494 e. The predicted octanol–water partition coefficient (Wildman–Crippen LogP) is 4.03. The van der Waals surface area contributed by atoms with Crippen LogP contribution in [0, 0.1) is 13.8 Å². The number of benzene rings is 2. The third-order valence-corrected chi connectivity index (χ3v) is 7.79. The molecule has 4 rings (SSSR count). The zero-order valence-electron chi connectivity index (χ0n) is 18.6. The third kappa shape index (κ3) is 4.38. The van der Waals surface area contributed by atoms with E-state index in [4.69, 9.17) is 9.15 Å². The molecule has 0 aliphatic carbocycles. The zero-order chi connectivity index (χ0) is 22.9. The van der Waals surface area contributed by atoms with E-state index >= 15 is 0 Å². The summed E-state index contributed by atoms with van der Waals surface area (Å²) >= 11 is 0. The van der Waals surface area contributed by atoms with Crippen molar-refractivity contribution in [2.75, 3.05) is 19.7 Å². The lowest BCUT2D eigenvalue weighted by atomic mass is 10.1. The minimum atomic E-state index is -3.53. The Labute approximate surface area is 188 Å². The number of carbonyl (C=O) groups is 1. The molecule has 7 nitrogen and oxygen atoms in total. The largest absolute Gasteiger partial charge is 0.494 e. The van der Waals surface area contributed by atoms with E-state index < -0.39 is 10.0 Å². The number of fused-ring (bicyclic) bond motifs is 1. The molecule has 1 fully saturated rings. The lowest BCUT2D eigenvalue weighted by Crippen LogP contribution is -2.46. The second kappa shape index (κ2) is 8.96. The van der Waals surface area contributed by atoms with E-state index in [1.165, 1.54) is 4.31 Å². The summed E-state index contributed by atoms with van der Waals surface area (Å²) in [5.41, 5.74) is 2.41. The fourth-order valence-electron chi connectivity index (χ4n) is 4.02. The maximum absolute atomic E-state index is 12.9. The molecule has 3 aromatic rings. The van der Waals surface area contributed by atoms with Gasteiger partial charge in [-0.1, -0.05) is 17.7 Å². The number of piperidine rings is 1. The van der Waals surface area contributed by atoms with Crippen LogP contribution < -0.4 is 10.1 Å². The Balaban J connectivity index is 1.41. The van der Waals surface area contributed by atoms with Gasteiger partial charge in [0.1, 0.15) is 11.3 Å². The number of nitrogens with one attached hydrogen (secondary N) is 1. The number of hydrogen-bond acceptors (Lipinski definition) is 5. The minimum absolute atomic E-state index is 0.112. The monoisotopic (exact) mass is 456 g/mol. The summed E-state index contributed by atoms with van der Waals surface area (Å²) in [6.07, 6.45) is 1.09. The van der Waals surface area contributed by atoms with Crippen molar-refractivity contribution in [3.8, 4) is 5.75 Å². The van der Waals surface area contributed by atoms with Crippen LogP contribution in [0.1, 0.15) is 41.4 Å². The van der Waals surface area contributed by atoms with Crippen molar-refractivity contribution in [1.82, 2.24) is 9.62 Å². The van der Waals surface area contributed by atoms with E-state index in [9.17, 15) is 13.2 Å². The quantitative estimate of drug-likeness (QED) is 0.605. The van der Waals surface area contributed by atoms with Crippen molar-refractivity contribution in [3.05, 3.63) is 59.4 Å². The van der Waals surface area contributed by atoms with Gasteiger partial charge < -0.3 is 14.5 Å². The van der Waals surface area contributed by atoms with Crippen LogP contribution in [0.15, 0.2) is 51.8 Å². The maximum Gasteiger partial charge on any atom is 0.287 e. The van der Waals surface area contributed by atoms with E-state index in [2.05, 4.69) is 5.32 Å². The summed E-state index contributed by atoms with van der Waals surface area (Å²) < 4.78 is 38.6. The van der Waals surface area contributed by atoms with Crippen molar-refractivity contribution >= 4 is 26.9 Å². The number of amides is 1. The first-order valence-corrected chi connectivity index (χ1v) is 12.3. The van der Waals surface area contributed by atoms with Gasteiger partial charge in [-0.25, -0.2) is 8.42 Å². The van der Waals surface area contributed by atoms with E-state index in [1.54, 1.807) is 30.3 Å². The van der Waals surface area contributed by atoms with Crippen LogP contribution in [0.3, 0.4) is 0 Å². The number of rotatable bonds is 6. The van der Waals surface area contributed by atoms with Gasteiger partial charge >= 0.3 is 0 Å². The lowest BCUT2D eigenvalue weighted by molar-refractivity contribution is 0.0897. The van der Waals surface area contributed by atoms with Crippen LogP contribution in [0.4, 0.5) is 0 Å². The van der Waals surface area contributed by atoms with Crippen molar-refractivity contribution < 1.29 is 22.4 Å². The molecular formula is C24H28N2O5S. The van der Waals surface area contributed by atoms with Gasteiger partial charge in [-0.05, 0) is 63.9 Å². The molecule has 1 aliphatic rings. The zero-order valence-corrected chi connectivity index (χ0v) is 19.4. The highest BCUT2D eigenvalue weighted by Crippen LogP contribution is 2.29. The van der Waals surface area contributed by atoms with Crippen LogP contribution >= 0.6 is 0 Å². The summed E-state index contributed by atoms with van der Waals surface area (Å²) in [7, 11) is -3.53. The number of aryl methyl sites for hydroxylation is 2. The van der Waals surface area contributed by atoms with Crippen LogP contribution in [0.2, 0.25) is 0 Å². The maximum atomic E-state index is 12.9. The van der Waals surface area contributed by atoms with Crippen LogP contribution in [-0.4, -0.2) is 44.4 Å². The molecule has 0 unspecified atom stereocenters. The molecule has 1 aromatic heterocycles. The van der Waals surface area contributed by atoms with Crippen molar-refractivity contribution in [3.63, 3.8) is 0 Å². The molecule has 0 bridgehead atoms. The second-order valence-electron chi connectivity index (χ2n) is 8.11. The van der Waals surface area contributed by atoms with Crippen molar-refractivity contribution in [1.29, 1.82) is 0 Å². The van der Waals surface area contributed by atoms with Crippen LogP contribution in [0.25, 0.3) is 11.0 Å². The Kier molecular flexibility index (Phi) is 6.26. The van der Waals surface area contributed by atoms with E-state index in [-0.39, 0.29) is 17.7 Å². The number of furan rings is 1. The Morgan fingerprint density at radius 1 is 1.12 bits per heavy atom. The molecule has 2 aromatic carbocycles. The first-order valence-electron chi connectivity index (χ1n) is 10.8. The summed E-state index contributed by atoms with van der Waals surface area (Å²) in [6, 6.07) is 12.3. The van der Waals surface area contributed by atoms with Crippen molar-refractivity contribution in [2.24, 2.45) is 0 Å². The molecule has 1 amide bonds. The summed E-state index contributed by atoms with van der Waals surface area (Å²) in [5, 5.41) is 3.86. The summed E-state index contributed by atoms with van der Waals surface area (Å²) in [4.78, 5) is 13.2. The molecular weight excluding hydrogens is 428 g/mol. The average molecular weight is 457 g/mol. The Morgan fingerprint density at radius 2 is 1.81 bits per heavy atom. The smallest absolute Gasteiger partial charge is 0.287 e. The molecule has 1 aliphatic heterocycles. The average Bonchev–Trinajstić information content (AvgIpc) is 3.11. The van der Waals surface area contributed by atoms with Gasteiger partial charge in [-0.15, -0.1) is 0 Å². The SMILES string of the molecule is CCOc1ccc2oc(C(=O)NC3CCN(S(=O)(=O)c4ccc(C)cc4)CC3)c(C)c2c1. The fraction of sp³-hybridized carbons (Fsp3) is 0.375. The highest BCUT2D eigenvalue weighted by molar-refractivity contribution is 7.89. The van der Waals surface area contributed by atoms with Crippen LogP contribution in [0.5, 0.6) is 5.75 Å². The molecule has 0 saturated carbocycles. The standard InChI is InChI=1S/C24H28N2O5S/c1-4-30-19-7-10-22-21(15-19)17(3)23(31-22)24(27)25-18-11-13-26(14-12-18)32(28,29)20-8-5-16(2)6-9-20/h5-10,15,18H,4,11-14H2,1-3H3,(H,25,27). The molecule has 1 saturated heterocycles. The summed E-state index contributed by atoms with van der Waals surface area (Å²) in [6.45, 7) is 6.98. The molecule has 1 N–H and O–H groups in total. The van der Waals surface area contributed by atoms with Crippen molar-refractivity contribution in [2.45, 2.75) is 44.6 Å². The number of sulfonamides is 1. The van der Waals surface area contributed by atoms with Gasteiger partial charge in [0, 0.05) is 30.1 Å². The molecule has 0 spiro atoms. The number of ether oxygens (including phenoxy) is 1. The number of carbonyl (C=O) groups excluding carboxylic acids is 1. The van der Waals surface area contributed by atoms with E-state index in [1.807, 2.05) is 32.9 Å². The Hall–Kier alpha value is -2.84. The van der Waals surface area contributed by atoms with Gasteiger partial charge in [0.25, 0.3) is 5.91 Å². The fourth-order valence-corrected chi connectivity index (χ4v) is 5.49. The highest BCUT2D eigenvalue weighted by Gasteiger charge is 2.30. The Morgan fingerprint density at radius 3 is 2.47 bits per heavy atom. The molecule has 0 atom stereocenters. The first-order chi connectivity index (χ1) is 15.3. The predicted molar refractivity (Wildman–Crippen MR) is 123 cm³/mol. The number of nitrogens with zero attached hydrogens (tertiary/aromatic N) is 1. The Bertz CT molecular complexity index is 1220. The normalized spacial score (nSPS) is 15.7. The molecule has 32 heavy (non-hydrogen) atoms. The first kappa shape index (κ1) is 22.4. The molecule has 0 radical (unpaired) electrons. The topological polar surface area (TPSA) is 88.8 Å². The van der Waals surface area contributed by atoms with E-state index in [0.29, 0.717) is 43.0 Å². The second-order valence-corrected chi connectivity index (χ2v) is 10.0. The van der Waals surface area contributed by atoms with Gasteiger partial charge in [-0.3, -0.25) is 4.79 Å². The van der Waals surface area contributed by atoms with Gasteiger partial charge in [0.15, 0.2) is 5.76 Å². The third-order valence-electron chi connectivity index (χ3n) is 5.87. The summed E-state index contributed by atoms with van der Waals surface area (Å²) in [5.74, 6) is 0.734. The lowest BCUT2D eigenvalue weighted by Gasteiger charge is -2.31. The van der Waals surface area contributed by atoms with Gasteiger partial charge in [0.05, 0.1) is 11.5 Å².